The maximum Gasteiger partial charge on any atom is 0.105 e. The zero-order valence-corrected chi connectivity index (χ0v) is 21.2. The number of allylic oxidation sites excluding steroid dienone is 2. The quantitative estimate of drug-likeness (QED) is 0.115. The maximum atomic E-state index is 2.35. The number of benzene rings is 3. The lowest BCUT2D eigenvalue weighted by molar-refractivity contribution is -0.966. The molecule has 1 heteroatoms. The highest BCUT2D eigenvalue weighted by atomic mass is 15.3. The van der Waals surface area contributed by atoms with Crippen molar-refractivity contribution in [2.75, 3.05) is 6.54 Å². The Hall–Kier alpha value is -2.64. The van der Waals surface area contributed by atoms with E-state index in [9.17, 15) is 0 Å². The number of quaternary nitrogens is 1. The van der Waals surface area contributed by atoms with E-state index in [1.165, 1.54) is 68.2 Å². The number of hydrogen-bond acceptors (Lipinski definition) is 0. The molecule has 3 rings (SSSR count). The van der Waals surface area contributed by atoms with Gasteiger partial charge < -0.3 is 4.48 Å². The van der Waals surface area contributed by atoms with E-state index in [1.54, 1.807) is 0 Å². The average molecular weight is 455 g/mol. The van der Waals surface area contributed by atoms with E-state index < -0.39 is 0 Å². The fourth-order valence-corrected chi connectivity index (χ4v) is 5.02. The van der Waals surface area contributed by atoms with Crippen LogP contribution in [0, 0.1) is 0 Å². The number of nitrogens with zero attached hydrogens (tertiary/aromatic N) is 1. The van der Waals surface area contributed by atoms with E-state index in [4.69, 9.17) is 0 Å². The molecule has 0 atom stereocenters. The molecule has 3 aromatic carbocycles. The molecule has 0 aromatic heterocycles. The molecule has 1 nitrogen and oxygen atoms in total. The van der Waals surface area contributed by atoms with Crippen LogP contribution in [0.5, 0.6) is 0 Å². The van der Waals surface area contributed by atoms with Gasteiger partial charge in [-0.05, 0) is 32.1 Å². The van der Waals surface area contributed by atoms with E-state index in [2.05, 4.69) is 110 Å². The summed E-state index contributed by atoms with van der Waals surface area (Å²) in [4.78, 5) is 0. The van der Waals surface area contributed by atoms with Crippen molar-refractivity contribution in [1.82, 2.24) is 0 Å². The van der Waals surface area contributed by atoms with E-state index >= 15 is 0 Å². The molecule has 0 N–H and O–H groups in total. The van der Waals surface area contributed by atoms with Crippen LogP contribution in [0.2, 0.25) is 0 Å². The Morgan fingerprint density at radius 3 is 1.35 bits per heavy atom. The van der Waals surface area contributed by atoms with Crippen molar-refractivity contribution in [3.05, 3.63) is 120 Å². The smallest absolute Gasteiger partial charge is 0.105 e. The fraction of sp³-hybridized carbons (Fsp3) is 0.394. The lowest BCUT2D eigenvalue weighted by atomic mass is 10.0. The van der Waals surface area contributed by atoms with Crippen LogP contribution in [0.25, 0.3) is 0 Å². The maximum absolute atomic E-state index is 2.35. The van der Waals surface area contributed by atoms with Crippen LogP contribution in [0.1, 0.15) is 75.0 Å². The summed E-state index contributed by atoms with van der Waals surface area (Å²) in [6.45, 7) is 6.66. The lowest BCUT2D eigenvalue weighted by Gasteiger charge is -2.39. The van der Waals surface area contributed by atoms with Gasteiger partial charge in [0.2, 0.25) is 0 Å². The molecule has 0 radical (unpaired) electrons. The molecule has 0 saturated carbocycles. The summed E-state index contributed by atoms with van der Waals surface area (Å²) < 4.78 is 1.08. The minimum atomic E-state index is 1.08. The summed E-state index contributed by atoms with van der Waals surface area (Å²) in [6.07, 6.45) is 15.1. The second kappa shape index (κ2) is 15.3. The molecular formula is C33H44N+. The van der Waals surface area contributed by atoms with Crippen molar-refractivity contribution in [3.8, 4) is 0 Å². The van der Waals surface area contributed by atoms with Crippen LogP contribution in [-0.2, 0) is 19.6 Å². The lowest BCUT2D eigenvalue weighted by Crippen LogP contribution is -2.46. The van der Waals surface area contributed by atoms with Crippen LogP contribution >= 0.6 is 0 Å². The number of hydrogen-bond donors (Lipinski definition) is 0. The van der Waals surface area contributed by atoms with Crippen LogP contribution in [0.3, 0.4) is 0 Å². The molecule has 0 aliphatic rings. The molecule has 0 bridgehead atoms. The molecule has 0 aliphatic carbocycles. The first kappa shape index (κ1) is 26.0. The van der Waals surface area contributed by atoms with Gasteiger partial charge in [-0.3, -0.25) is 0 Å². The van der Waals surface area contributed by atoms with Gasteiger partial charge in [-0.2, -0.15) is 0 Å². The van der Waals surface area contributed by atoms with Gasteiger partial charge in [0.1, 0.15) is 19.6 Å². The van der Waals surface area contributed by atoms with Gasteiger partial charge >= 0.3 is 0 Å². The van der Waals surface area contributed by atoms with Crippen LogP contribution in [0.15, 0.2) is 103 Å². The zero-order chi connectivity index (χ0) is 23.7. The summed E-state index contributed by atoms with van der Waals surface area (Å²) in [6, 6.07) is 33.3. The molecule has 0 aliphatic heterocycles. The normalized spacial score (nSPS) is 11.8. The molecule has 0 fully saturated rings. The van der Waals surface area contributed by atoms with Crippen LogP contribution in [0.4, 0.5) is 0 Å². The predicted octanol–water partition coefficient (Wildman–Crippen LogP) is 9.10. The number of unbranched alkanes of at least 4 members (excludes halogenated alkanes) is 6. The van der Waals surface area contributed by atoms with Crippen molar-refractivity contribution in [2.24, 2.45) is 0 Å². The Labute approximate surface area is 208 Å². The monoisotopic (exact) mass is 454 g/mol. The Morgan fingerprint density at radius 1 is 0.500 bits per heavy atom. The van der Waals surface area contributed by atoms with Gasteiger partial charge in [-0.25, -0.2) is 0 Å². The Bertz CT molecular complexity index is 813. The van der Waals surface area contributed by atoms with Gasteiger partial charge in [0.15, 0.2) is 0 Å². The molecule has 3 aromatic rings. The van der Waals surface area contributed by atoms with Crippen molar-refractivity contribution in [3.63, 3.8) is 0 Å². The summed E-state index contributed by atoms with van der Waals surface area (Å²) in [5, 5.41) is 0. The summed E-state index contributed by atoms with van der Waals surface area (Å²) >= 11 is 0. The van der Waals surface area contributed by atoms with Gasteiger partial charge in [0.25, 0.3) is 0 Å². The third-order valence-corrected chi connectivity index (χ3v) is 6.74. The molecule has 0 heterocycles. The fourth-order valence-electron chi connectivity index (χ4n) is 5.02. The first-order valence-electron chi connectivity index (χ1n) is 13.4. The minimum absolute atomic E-state index is 1.08. The molecular weight excluding hydrogens is 410 g/mol. The molecule has 0 amide bonds. The van der Waals surface area contributed by atoms with E-state index in [1.807, 2.05) is 0 Å². The first-order chi connectivity index (χ1) is 16.8. The van der Waals surface area contributed by atoms with Crippen LogP contribution in [-0.4, -0.2) is 11.0 Å². The minimum Gasteiger partial charge on any atom is -0.312 e. The van der Waals surface area contributed by atoms with Crippen molar-refractivity contribution >= 4 is 0 Å². The second-order valence-corrected chi connectivity index (χ2v) is 9.79. The topological polar surface area (TPSA) is 0 Å². The molecule has 0 unspecified atom stereocenters. The Kier molecular flexibility index (Phi) is 11.7. The highest BCUT2D eigenvalue weighted by molar-refractivity contribution is 5.17. The summed E-state index contributed by atoms with van der Waals surface area (Å²) in [5.41, 5.74) is 4.32. The number of rotatable bonds is 16. The zero-order valence-electron chi connectivity index (χ0n) is 21.2. The van der Waals surface area contributed by atoms with E-state index in [-0.39, 0.29) is 0 Å². The SMILES string of the molecule is CC/C=C/CCCCCCCC[N+](Cc1ccccc1)(Cc1ccccc1)Cc1ccccc1. The Morgan fingerprint density at radius 2 is 0.912 bits per heavy atom. The molecule has 180 valence electrons. The third-order valence-electron chi connectivity index (χ3n) is 6.74. The van der Waals surface area contributed by atoms with E-state index in [0.717, 1.165) is 30.5 Å². The van der Waals surface area contributed by atoms with Gasteiger partial charge in [-0.1, -0.05) is 129 Å². The highest BCUT2D eigenvalue weighted by Gasteiger charge is 2.28. The predicted molar refractivity (Wildman–Crippen MR) is 147 cm³/mol. The van der Waals surface area contributed by atoms with Gasteiger partial charge in [-0.15, -0.1) is 0 Å². The van der Waals surface area contributed by atoms with Gasteiger partial charge in [0.05, 0.1) is 6.54 Å². The molecule has 0 spiro atoms. The third kappa shape index (κ3) is 9.69. The summed E-state index contributed by atoms with van der Waals surface area (Å²) in [7, 11) is 0. The average Bonchev–Trinajstić information content (AvgIpc) is 2.87. The largest absolute Gasteiger partial charge is 0.312 e. The molecule has 34 heavy (non-hydrogen) atoms. The van der Waals surface area contributed by atoms with Crippen molar-refractivity contribution in [1.29, 1.82) is 0 Å². The second-order valence-electron chi connectivity index (χ2n) is 9.79. The van der Waals surface area contributed by atoms with Crippen LogP contribution < -0.4 is 0 Å². The van der Waals surface area contributed by atoms with Crippen molar-refractivity contribution in [2.45, 2.75) is 77.9 Å². The standard InChI is InChI=1S/C33H44N/c1-2-3-4-5-6-7-8-9-10-20-27-34(28-31-21-14-11-15-22-31,29-32-23-16-12-17-24-32)30-33-25-18-13-19-26-33/h3-4,11-19,21-26H,2,5-10,20,27-30H2,1H3/q+1/b4-3+. The van der Waals surface area contributed by atoms with Crippen molar-refractivity contribution < 1.29 is 4.48 Å². The first-order valence-corrected chi connectivity index (χ1v) is 13.4. The Balaban J connectivity index is 1.66. The van der Waals surface area contributed by atoms with E-state index in [0.29, 0.717) is 0 Å². The summed E-state index contributed by atoms with van der Waals surface area (Å²) in [5.74, 6) is 0. The van der Waals surface area contributed by atoms with Gasteiger partial charge in [0, 0.05) is 16.7 Å². The molecule has 0 saturated heterocycles. The highest BCUT2D eigenvalue weighted by Crippen LogP contribution is 2.26.